The van der Waals surface area contributed by atoms with Crippen LogP contribution in [0.3, 0.4) is 0 Å². The van der Waals surface area contributed by atoms with Crippen LogP contribution in [-0.2, 0) is 4.79 Å². The lowest BCUT2D eigenvalue weighted by Crippen LogP contribution is -2.41. The molecule has 3 unspecified atom stereocenters. The second-order valence-corrected chi connectivity index (χ2v) is 7.75. The van der Waals surface area contributed by atoms with Crippen LogP contribution >= 0.6 is 12.4 Å². The number of hydrogen-bond donors (Lipinski definition) is 2. The average molecular weight is 315 g/mol. The number of amides is 1. The lowest BCUT2D eigenvalue weighted by atomic mass is 9.79. The molecule has 1 spiro atoms. The van der Waals surface area contributed by atoms with Crippen LogP contribution in [0.5, 0.6) is 0 Å². The van der Waals surface area contributed by atoms with Gasteiger partial charge in [-0.15, -0.1) is 12.4 Å². The van der Waals surface area contributed by atoms with Gasteiger partial charge in [0, 0.05) is 12.0 Å². The maximum absolute atomic E-state index is 12.5. The third-order valence-electron chi connectivity index (χ3n) is 6.11. The van der Waals surface area contributed by atoms with Crippen molar-refractivity contribution >= 4 is 18.3 Å². The van der Waals surface area contributed by atoms with Crippen LogP contribution in [0.1, 0.15) is 58.8 Å². The van der Waals surface area contributed by atoms with Gasteiger partial charge in [0.1, 0.15) is 0 Å². The van der Waals surface area contributed by atoms with Crippen LogP contribution in [0.4, 0.5) is 0 Å². The Labute approximate surface area is 135 Å². The van der Waals surface area contributed by atoms with Crippen LogP contribution in [-0.4, -0.2) is 25.0 Å². The summed E-state index contributed by atoms with van der Waals surface area (Å²) in [5, 5.41) is 6.79. The van der Waals surface area contributed by atoms with E-state index in [1.807, 2.05) is 0 Å². The molecular formula is C17H31ClN2O. The van der Waals surface area contributed by atoms with Crippen LogP contribution in [0.2, 0.25) is 0 Å². The van der Waals surface area contributed by atoms with E-state index in [4.69, 9.17) is 0 Å². The Kier molecular flexibility index (Phi) is 5.59. The van der Waals surface area contributed by atoms with E-state index in [0.717, 1.165) is 31.3 Å². The van der Waals surface area contributed by atoms with E-state index in [1.165, 1.54) is 38.5 Å². The van der Waals surface area contributed by atoms with Gasteiger partial charge in [0.15, 0.2) is 0 Å². The van der Waals surface area contributed by atoms with Gasteiger partial charge in [0.2, 0.25) is 5.91 Å². The number of rotatable bonds is 3. The van der Waals surface area contributed by atoms with Gasteiger partial charge in [-0.2, -0.15) is 0 Å². The van der Waals surface area contributed by atoms with Gasteiger partial charge < -0.3 is 10.6 Å². The van der Waals surface area contributed by atoms with Crippen molar-refractivity contribution in [1.82, 2.24) is 10.6 Å². The third kappa shape index (κ3) is 3.73. The largest absolute Gasteiger partial charge is 0.353 e. The van der Waals surface area contributed by atoms with E-state index in [0.29, 0.717) is 23.3 Å². The molecule has 1 amide bonds. The minimum absolute atomic E-state index is 0. The minimum atomic E-state index is 0. The quantitative estimate of drug-likeness (QED) is 0.840. The SMILES string of the molecule is CC(C)C1CCCC(NC(=O)C2CC23CCNCC3)C1.Cl. The monoisotopic (exact) mass is 314 g/mol. The Bertz CT molecular complexity index is 366. The standard InChI is InChI=1S/C17H30N2O.ClH/c1-12(2)13-4-3-5-14(10-13)19-16(20)15-11-17(15)6-8-18-9-7-17;/h12-15,18H,3-11H2,1-2H3,(H,19,20);1H. The first-order valence-corrected chi connectivity index (χ1v) is 8.62. The van der Waals surface area contributed by atoms with E-state index in [9.17, 15) is 4.79 Å². The zero-order valence-corrected chi connectivity index (χ0v) is 14.3. The van der Waals surface area contributed by atoms with E-state index in [2.05, 4.69) is 24.5 Å². The summed E-state index contributed by atoms with van der Waals surface area (Å²) in [6.45, 7) is 6.84. The molecule has 3 fully saturated rings. The summed E-state index contributed by atoms with van der Waals surface area (Å²) >= 11 is 0. The molecular weight excluding hydrogens is 284 g/mol. The lowest BCUT2D eigenvalue weighted by molar-refractivity contribution is -0.124. The smallest absolute Gasteiger partial charge is 0.223 e. The van der Waals surface area contributed by atoms with Gasteiger partial charge in [-0.1, -0.05) is 26.7 Å². The van der Waals surface area contributed by atoms with Crippen molar-refractivity contribution in [3.8, 4) is 0 Å². The van der Waals surface area contributed by atoms with Crippen molar-refractivity contribution in [2.45, 2.75) is 64.8 Å². The van der Waals surface area contributed by atoms with Gasteiger partial charge >= 0.3 is 0 Å². The summed E-state index contributed by atoms with van der Waals surface area (Å²) in [5.41, 5.74) is 0.376. The number of halogens is 1. The van der Waals surface area contributed by atoms with Crippen molar-refractivity contribution in [2.75, 3.05) is 13.1 Å². The second-order valence-electron chi connectivity index (χ2n) is 7.75. The van der Waals surface area contributed by atoms with E-state index >= 15 is 0 Å². The summed E-state index contributed by atoms with van der Waals surface area (Å²) in [6.07, 6.45) is 8.56. The highest BCUT2D eigenvalue weighted by Crippen LogP contribution is 2.58. The molecule has 3 nitrogen and oxygen atoms in total. The Balaban J connectivity index is 0.00000161. The Morgan fingerprint density at radius 3 is 2.62 bits per heavy atom. The maximum Gasteiger partial charge on any atom is 0.223 e. The molecule has 3 rings (SSSR count). The first-order chi connectivity index (χ1) is 9.61. The van der Waals surface area contributed by atoms with Crippen LogP contribution in [0.25, 0.3) is 0 Å². The van der Waals surface area contributed by atoms with Crippen molar-refractivity contribution in [3.05, 3.63) is 0 Å². The first kappa shape index (κ1) is 17.1. The molecule has 2 N–H and O–H groups in total. The average Bonchev–Trinajstić information content (AvgIpc) is 3.13. The van der Waals surface area contributed by atoms with Crippen molar-refractivity contribution in [1.29, 1.82) is 0 Å². The molecule has 0 bridgehead atoms. The van der Waals surface area contributed by atoms with Crippen LogP contribution in [0.15, 0.2) is 0 Å². The fourth-order valence-electron chi connectivity index (χ4n) is 4.46. The molecule has 3 aliphatic rings. The van der Waals surface area contributed by atoms with Gasteiger partial charge in [-0.3, -0.25) is 4.79 Å². The number of carbonyl (C=O) groups is 1. The van der Waals surface area contributed by atoms with Crippen molar-refractivity contribution < 1.29 is 4.79 Å². The van der Waals surface area contributed by atoms with E-state index in [1.54, 1.807) is 0 Å². The zero-order valence-electron chi connectivity index (χ0n) is 13.5. The highest BCUT2D eigenvalue weighted by molar-refractivity contribution is 5.85. The predicted molar refractivity (Wildman–Crippen MR) is 88.6 cm³/mol. The van der Waals surface area contributed by atoms with Crippen molar-refractivity contribution in [3.63, 3.8) is 0 Å². The second kappa shape index (κ2) is 6.87. The zero-order chi connectivity index (χ0) is 14.2. The predicted octanol–water partition coefficient (Wildman–Crippen LogP) is 3.13. The topological polar surface area (TPSA) is 41.1 Å². The highest BCUT2D eigenvalue weighted by atomic mass is 35.5. The molecule has 2 aliphatic carbocycles. The lowest BCUT2D eigenvalue weighted by Gasteiger charge is -2.32. The molecule has 0 aromatic carbocycles. The summed E-state index contributed by atoms with van der Waals surface area (Å²) in [4.78, 5) is 12.5. The fourth-order valence-corrected chi connectivity index (χ4v) is 4.46. The molecule has 0 aromatic rings. The Morgan fingerprint density at radius 2 is 1.95 bits per heavy atom. The maximum atomic E-state index is 12.5. The van der Waals surface area contributed by atoms with Crippen molar-refractivity contribution in [2.24, 2.45) is 23.2 Å². The fraction of sp³-hybridized carbons (Fsp3) is 0.941. The third-order valence-corrected chi connectivity index (χ3v) is 6.11. The Morgan fingerprint density at radius 1 is 1.24 bits per heavy atom. The molecule has 3 atom stereocenters. The molecule has 122 valence electrons. The number of carbonyl (C=O) groups excluding carboxylic acids is 1. The molecule has 1 saturated heterocycles. The Hall–Kier alpha value is -0.280. The molecule has 2 saturated carbocycles. The van der Waals surface area contributed by atoms with Gasteiger partial charge in [0.25, 0.3) is 0 Å². The van der Waals surface area contributed by atoms with Crippen LogP contribution < -0.4 is 10.6 Å². The number of nitrogens with one attached hydrogen (secondary N) is 2. The minimum Gasteiger partial charge on any atom is -0.353 e. The van der Waals surface area contributed by atoms with Gasteiger partial charge in [-0.05, 0) is 62.4 Å². The van der Waals surface area contributed by atoms with E-state index in [-0.39, 0.29) is 12.4 Å². The number of hydrogen-bond acceptors (Lipinski definition) is 2. The van der Waals surface area contributed by atoms with Gasteiger partial charge in [0.05, 0.1) is 0 Å². The summed E-state index contributed by atoms with van der Waals surface area (Å²) in [7, 11) is 0. The molecule has 1 heterocycles. The molecule has 4 heteroatoms. The molecule has 0 radical (unpaired) electrons. The molecule has 0 aromatic heterocycles. The van der Waals surface area contributed by atoms with E-state index < -0.39 is 0 Å². The summed E-state index contributed by atoms with van der Waals surface area (Å²) in [6, 6.07) is 0.447. The first-order valence-electron chi connectivity index (χ1n) is 8.62. The summed E-state index contributed by atoms with van der Waals surface area (Å²) in [5.74, 6) is 2.25. The molecule has 1 aliphatic heterocycles. The molecule has 21 heavy (non-hydrogen) atoms. The highest BCUT2D eigenvalue weighted by Gasteiger charge is 2.57. The number of piperidine rings is 1. The normalized spacial score (nSPS) is 34.3. The van der Waals surface area contributed by atoms with Gasteiger partial charge in [-0.25, -0.2) is 0 Å². The van der Waals surface area contributed by atoms with Crippen LogP contribution in [0, 0.1) is 23.2 Å². The summed E-state index contributed by atoms with van der Waals surface area (Å²) < 4.78 is 0.